The monoisotopic (exact) mass is 348 g/mol. The van der Waals surface area contributed by atoms with E-state index < -0.39 is 11.7 Å². The molecule has 2 aromatic carbocycles. The molecule has 1 aliphatic rings. The maximum atomic E-state index is 13.2. The van der Waals surface area contributed by atoms with Crippen LogP contribution in [0.25, 0.3) is 11.1 Å². The average Bonchev–Trinajstić information content (AvgIpc) is 2.62. The van der Waals surface area contributed by atoms with Crippen LogP contribution in [0.1, 0.15) is 42.7 Å². The quantitative estimate of drug-likeness (QED) is 0.631. The van der Waals surface area contributed by atoms with E-state index in [1.54, 1.807) is 13.2 Å². The van der Waals surface area contributed by atoms with Crippen LogP contribution in [0.4, 0.5) is 13.2 Å². The molecule has 0 saturated heterocycles. The topological polar surface area (TPSA) is 9.23 Å². The Hall–Kier alpha value is -1.81. The molecule has 1 saturated carbocycles. The summed E-state index contributed by atoms with van der Waals surface area (Å²) >= 11 is 0. The minimum atomic E-state index is -4.32. The van der Waals surface area contributed by atoms with Crippen molar-refractivity contribution >= 4 is 0 Å². The molecule has 1 nitrogen and oxygen atoms in total. The molecular weight excluding hydrogens is 325 g/mol. The molecule has 0 heterocycles. The molecule has 0 unspecified atom stereocenters. The van der Waals surface area contributed by atoms with E-state index in [-0.39, 0.29) is 0 Å². The number of ether oxygens (including phenoxy) is 1. The summed E-state index contributed by atoms with van der Waals surface area (Å²) in [6, 6.07) is 13.6. The minimum absolute atomic E-state index is 0.311. The van der Waals surface area contributed by atoms with Crippen LogP contribution in [0.15, 0.2) is 48.5 Å². The van der Waals surface area contributed by atoms with Crippen LogP contribution in [-0.2, 0) is 10.9 Å². The molecular formula is C21H23F3O. The summed E-state index contributed by atoms with van der Waals surface area (Å²) in [5.41, 5.74) is 2.02. The lowest BCUT2D eigenvalue weighted by molar-refractivity contribution is -0.137. The van der Waals surface area contributed by atoms with Gasteiger partial charge >= 0.3 is 6.18 Å². The van der Waals surface area contributed by atoms with Crippen LogP contribution in [0.5, 0.6) is 0 Å². The first-order valence-electron chi connectivity index (χ1n) is 8.74. The average molecular weight is 348 g/mol. The van der Waals surface area contributed by atoms with Gasteiger partial charge in [-0.15, -0.1) is 0 Å². The lowest BCUT2D eigenvalue weighted by atomic mass is 9.76. The van der Waals surface area contributed by atoms with E-state index in [0.717, 1.165) is 43.4 Å². The smallest absolute Gasteiger partial charge is 0.384 e. The number of benzene rings is 2. The molecule has 0 aliphatic heterocycles. The summed E-state index contributed by atoms with van der Waals surface area (Å²) in [6.45, 7) is 0.769. The molecule has 0 spiro atoms. The zero-order valence-electron chi connectivity index (χ0n) is 14.4. The molecule has 0 amide bonds. The van der Waals surface area contributed by atoms with E-state index in [1.165, 1.54) is 12.1 Å². The molecule has 2 aromatic rings. The Labute approximate surface area is 146 Å². The summed E-state index contributed by atoms with van der Waals surface area (Å²) in [4.78, 5) is 0. The Morgan fingerprint density at radius 2 is 1.64 bits per heavy atom. The Morgan fingerprint density at radius 1 is 0.960 bits per heavy atom. The lowest BCUT2D eigenvalue weighted by Crippen LogP contribution is -2.18. The molecule has 0 N–H and O–H groups in total. The van der Waals surface area contributed by atoms with E-state index >= 15 is 0 Å². The fourth-order valence-electron chi connectivity index (χ4n) is 3.83. The first kappa shape index (κ1) is 18.0. The van der Waals surface area contributed by atoms with Crippen LogP contribution >= 0.6 is 0 Å². The predicted molar refractivity (Wildman–Crippen MR) is 93.5 cm³/mol. The first-order valence-corrected chi connectivity index (χ1v) is 8.74. The van der Waals surface area contributed by atoms with Crippen molar-refractivity contribution in [3.05, 3.63) is 59.7 Å². The summed E-state index contributed by atoms with van der Waals surface area (Å²) in [5, 5.41) is 0. The third-order valence-electron chi connectivity index (χ3n) is 5.15. The van der Waals surface area contributed by atoms with Crippen molar-refractivity contribution in [3.63, 3.8) is 0 Å². The highest BCUT2D eigenvalue weighted by atomic mass is 19.4. The molecule has 1 aliphatic carbocycles. The molecule has 134 valence electrons. The second-order valence-corrected chi connectivity index (χ2v) is 6.84. The van der Waals surface area contributed by atoms with Gasteiger partial charge in [-0.1, -0.05) is 36.4 Å². The van der Waals surface area contributed by atoms with Crippen LogP contribution in [0.2, 0.25) is 0 Å². The van der Waals surface area contributed by atoms with Gasteiger partial charge in [-0.3, -0.25) is 0 Å². The fourth-order valence-corrected chi connectivity index (χ4v) is 3.83. The van der Waals surface area contributed by atoms with Crippen molar-refractivity contribution in [3.8, 4) is 11.1 Å². The maximum Gasteiger partial charge on any atom is 0.416 e. The maximum absolute atomic E-state index is 13.2. The summed E-state index contributed by atoms with van der Waals surface area (Å²) in [5.74, 6) is 0.876. The highest BCUT2D eigenvalue weighted by Gasteiger charge is 2.32. The van der Waals surface area contributed by atoms with Gasteiger partial charge in [0.25, 0.3) is 0 Å². The molecule has 0 atom stereocenters. The summed E-state index contributed by atoms with van der Waals surface area (Å²) in [7, 11) is 1.72. The molecule has 25 heavy (non-hydrogen) atoms. The van der Waals surface area contributed by atoms with Gasteiger partial charge in [-0.05, 0) is 66.3 Å². The van der Waals surface area contributed by atoms with Gasteiger partial charge in [0, 0.05) is 13.7 Å². The summed E-state index contributed by atoms with van der Waals surface area (Å²) < 4.78 is 44.8. The van der Waals surface area contributed by atoms with Gasteiger partial charge < -0.3 is 4.74 Å². The van der Waals surface area contributed by atoms with Gasteiger partial charge in [-0.2, -0.15) is 13.2 Å². The standard InChI is InChI=1S/C21H23F3O/c1-25-14-15-7-9-17(10-8-15)19-12-11-18(21(22,23)24)13-20(19)16-5-3-2-4-6-16/h2-6,11-13,15,17H,7-10,14H2,1H3. The number of hydrogen-bond donors (Lipinski definition) is 0. The molecule has 0 radical (unpaired) electrons. The number of hydrogen-bond acceptors (Lipinski definition) is 1. The lowest BCUT2D eigenvalue weighted by Gasteiger charge is -2.30. The van der Waals surface area contributed by atoms with Crippen LogP contribution in [0, 0.1) is 5.92 Å². The van der Waals surface area contributed by atoms with Gasteiger partial charge in [0.05, 0.1) is 5.56 Å². The van der Waals surface area contributed by atoms with Gasteiger partial charge in [-0.25, -0.2) is 0 Å². The van der Waals surface area contributed by atoms with Gasteiger partial charge in [0.2, 0.25) is 0 Å². The van der Waals surface area contributed by atoms with Crippen molar-refractivity contribution in [2.24, 2.45) is 5.92 Å². The zero-order chi connectivity index (χ0) is 17.9. The zero-order valence-corrected chi connectivity index (χ0v) is 14.4. The SMILES string of the molecule is COCC1CCC(c2ccc(C(F)(F)F)cc2-c2ccccc2)CC1. The second-order valence-electron chi connectivity index (χ2n) is 6.84. The normalized spacial score (nSPS) is 21.3. The molecule has 0 aromatic heterocycles. The van der Waals surface area contributed by atoms with Crippen molar-refractivity contribution in [2.75, 3.05) is 13.7 Å². The third-order valence-corrected chi connectivity index (χ3v) is 5.15. The van der Waals surface area contributed by atoms with Gasteiger partial charge in [0.1, 0.15) is 0 Å². The number of rotatable bonds is 4. The summed E-state index contributed by atoms with van der Waals surface area (Å²) in [6.07, 6.45) is -0.196. The van der Waals surface area contributed by atoms with Crippen molar-refractivity contribution in [2.45, 2.75) is 37.8 Å². The van der Waals surface area contributed by atoms with Crippen molar-refractivity contribution in [1.29, 1.82) is 0 Å². The van der Waals surface area contributed by atoms with Gasteiger partial charge in [0.15, 0.2) is 0 Å². The third kappa shape index (κ3) is 4.24. The Balaban J connectivity index is 1.94. The highest BCUT2D eigenvalue weighted by molar-refractivity contribution is 5.69. The Morgan fingerprint density at radius 3 is 2.24 bits per heavy atom. The first-order chi connectivity index (χ1) is 12.0. The van der Waals surface area contributed by atoms with Crippen LogP contribution in [-0.4, -0.2) is 13.7 Å². The molecule has 3 rings (SSSR count). The molecule has 0 bridgehead atoms. The highest BCUT2D eigenvalue weighted by Crippen LogP contribution is 2.42. The van der Waals surface area contributed by atoms with E-state index in [9.17, 15) is 13.2 Å². The molecule has 4 heteroatoms. The number of halogens is 3. The van der Waals surface area contributed by atoms with Crippen molar-refractivity contribution < 1.29 is 17.9 Å². The predicted octanol–water partition coefficient (Wildman–Crippen LogP) is 6.29. The van der Waals surface area contributed by atoms with E-state index in [4.69, 9.17) is 4.74 Å². The van der Waals surface area contributed by atoms with E-state index in [1.807, 2.05) is 30.3 Å². The van der Waals surface area contributed by atoms with E-state index in [0.29, 0.717) is 17.4 Å². The second kappa shape index (κ2) is 7.61. The van der Waals surface area contributed by atoms with E-state index in [2.05, 4.69) is 0 Å². The largest absolute Gasteiger partial charge is 0.416 e. The molecule has 1 fully saturated rings. The number of alkyl halides is 3. The van der Waals surface area contributed by atoms with Crippen LogP contribution < -0.4 is 0 Å². The number of methoxy groups -OCH3 is 1. The fraction of sp³-hybridized carbons (Fsp3) is 0.429. The Bertz CT molecular complexity index is 686. The van der Waals surface area contributed by atoms with Crippen LogP contribution in [0.3, 0.4) is 0 Å². The Kier molecular flexibility index (Phi) is 5.48. The minimum Gasteiger partial charge on any atom is -0.384 e. The van der Waals surface area contributed by atoms with Crippen molar-refractivity contribution in [1.82, 2.24) is 0 Å².